The normalized spacial score (nSPS) is 11.0. The van der Waals surface area contributed by atoms with Gasteiger partial charge in [-0.3, -0.25) is 0 Å². The van der Waals surface area contributed by atoms with E-state index in [0.717, 1.165) is 16.0 Å². The maximum atomic E-state index is 13.9. The van der Waals surface area contributed by atoms with Gasteiger partial charge in [0.05, 0.1) is 10.9 Å². The molecule has 0 atom stereocenters. The van der Waals surface area contributed by atoms with Crippen LogP contribution in [-0.4, -0.2) is 16.2 Å². The highest BCUT2D eigenvalue weighted by molar-refractivity contribution is 7.98. The third-order valence-electron chi connectivity index (χ3n) is 3.31. The first kappa shape index (κ1) is 14.3. The van der Waals surface area contributed by atoms with Gasteiger partial charge in [-0.15, -0.1) is 11.8 Å². The van der Waals surface area contributed by atoms with E-state index in [9.17, 15) is 4.39 Å². The third-order valence-corrected chi connectivity index (χ3v) is 4.32. The number of rotatable bonds is 2. The molecule has 0 bridgehead atoms. The van der Waals surface area contributed by atoms with E-state index < -0.39 is 5.82 Å². The number of hydrogen-bond acceptors (Lipinski definition) is 3. The van der Waals surface area contributed by atoms with Crippen LogP contribution in [-0.2, 0) is 0 Å². The van der Waals surface area contributed by atoms with Crippen molar-refractivity contribution in [3.05, 3.63) is 52.9 Å². The molecule has 1 aromatic heterocycles. The Balaban J connectivity index is 2.22. The fraction of sp³-hybridized carbons (Fsp3) is 0.125. The standard InChI is InChI=1S/C16H12ClFN2S/c1-9-3-8-12(18)13-14(9)19-16(20-15(13)17)10-4-6-11(21-2)7-5-10/h3-8H,1-2H3. The van der Waals surface area contributed by atoms with Gasteiger partial charge in [0.15, 0.2) is 5.82 Å². The second kappa shape index (κ2) is 5.62. The zero-order chi connectivity index (χ0) is 15.0. The summed E-state index contributed by atoms with van der Waals surface area (Å²) in [6, 6.07) is 11.0. The maximum Gasteiger partial charge on any atom is 0.161 e. The van der Waals surface area contributed by atoms with Crippen LogP contribution in [0.4, 0.5) is 4.39 Å². The lowest BCUT2D eigenvalue weighted by atomic mass is 10.1. The van der Waals surface area contributed by atoms with Crippen LogP contribution in [0.5, 0.6) is 0 Å². The predicted molar refractivity (Wildman–Crippen MR) is 86.5 cm³/mol. The first-order valence-corrected chi connectivity index (χ1v) is 7.97. The van der Waals surface area contributed by atoms with Crippen molar-refractivity contribution < 1.29 is 4.39 Å². The average Bonchev–Trinajstić information content (AvgIpc) is 2.50. The number of nitrogens with zero attached hydrogens (tertiary/aromatic N) is 2. The Kier molecular flexibility index (Phi) is 3.83. The molecular weight excluding hydrogens is 307 g/mol. The Morgan fingerprint density at radius 3 is 2.43 bits per heavy atom. The number of benzene rings is 2. The van der Waals surface area contributed by atoms with Crippen molar-refractivity contribution in [1.29, 1.82) is 0 Å². The van der Waals surface area contributed by atoms with Crippen LogP contribution < -0.4 is 0 Å². The summed E-state index contributed by atoms with van der Waals surface area (Å²) in [5, 5.41) is 0.422. The number of aromatic nitrogens is 2. The minimum atomic E-state index is -0.398. The summed E-state index contributed by atoms with van der Waals surface area (Å²) in [6.07, 6.45) is 2.02. The number of aryl methyl sites for hydroxylation is 1. The molecule has 0 fully saturated rings. The molecule has 0 saturated heterocycles. The smallest absolute Gasteiger partial charge is 0.161 e. The van der Waals surface area contributed by atoms with Gasteiger partial charge >= 0.3 is 0 Å². The molecule has 0 spiro atoms. The molecule has 0 saturated carbocycles. The molecule has 1 heterocycles. The van der Waals surface area contributed by atoms with Gasteiger partial charge in [0.25, 0.3) is 0 Å². The number of hydrogen-bond donors (Lipinski definition) is 0. The summed E-state index contributed by atoms with van der Waals surface area (Å²) in [4.78, 5) is 9.88. The lowest BCUT2D eigenvalue weighted by Gasteiger charge is -2.08. The Bertz CT molecular complexity index is 819. The molecule has 3 aromatic rings. The average molecular weight is 319 g/mol. The second-order valence-corrected chi connectivity index (χ2v) is 5.89. The quantitative estimate of drug-likeness (QED) is 0.484. The van der Waals surface area contributed by atoms with E-state index >= 15 is 0 Å². The van der Waals surface area contributed by atoms with Crippen LogP contribution in [0.1, 0.15) is 5.56 Å². The molecule has 106 valence electrons. The Morgan fingerprint density at radius 1 is 1.05 bits per heavy atom. The minimum absolute atomic E-state index is 0.144. The highest BCUT2D eigenvalue weighted by Gasteiger charge is 2.13. The summed E-state index contributed by atoms with van der Waals surface area (Å²) in [5.74, 6) is 0.110. The largest absolute Gasteiger partial charge is 0.228 e. The summed E-state index contributed by atoms with van der Waals surface area (Å²) in [6.45, 7) is 1.88. The van der Waals surface area contributed by atoms with Crippen LogP contribution in [0.2, 0.25) is 5.15 Å². The molecule has 0 unspecified atom stereocenters. The van der Waals surface area contributed by atoms with Gasteiger partial charge in [-0.1, -0.05) is 29.8 Å². The van der Waals surface area contributed by atoms with E-state index in [4.69, 9.17) is 11.6 Å². The van der Waals surface area contributed by atoms with E-state index in [-0.39, 0.29) is 10.5 Å². The first-order valence-electron chi connectivity index (χ1n) is 6.37. The molecule has 0 aliphatic carbocycles. The summed E-state index contributed by atoms with van der Waals surface area (Å²) in [5.41, 5.74) is 2.29. The monoisotopic (exact) mass is 318 g/mol. The molecule has 0 aliphatic heterocycles. The Labute approximate surface area is 131 Å². The molecule has 2 nitrogen and oxygen atoms in total. The molecular formula is C16H12ClFN2S. The van der Waals surface area contributed by atoms with Crippen molar-refractivity contribution in [1.82, 2.24) is 9.97 Å². The first-order chi connectivity index (χ1) is 10.1. The van der Waals surface area contributed by atoms with E-state index in [1.165, 1.54) is 6.07 Å². The SMILES string of the molecule is CSc1ccc(-c2nc(Cl)c3c(F)ccc(C)c3n2)cc1. The van der Waals surface area contributed by atoms with Crippen molar-refractivity contribution in [2.24, 2.45) is 0 Å². The topological polar surface area (TPSA) is 25.8 Å². The van der Waals surface area contributed by atoms with Gasteiger partial charge in [0, 0.05) is 10.5 Å². The van der Waals surface area contributed by atoms with Crippen molar-refractivity contribution in [2.75, 3.05) is 6.26 Å². The van der Waals surface area contributed by atoms with E-state index in [1.807, 2.05) is 37.4 Å². The minimum Gasteiger partial charge on any atom is -0.228 e. The predicted octanol–water partition coefficient (Wildman–Crippen LogP) is 5.12. The fourth-order valence-corrected chi connectivity index (χ4v) is 2.83. The zero-order valence-electron chi connectivity index (χ0n) is 11.5. The van der Waals surface area contributed by atoms with Crippen LogP contribution in [0.3, 0.4) is 0 Å². The summed E-state index contributed by atoms with van der Waals surface area (Å²) in [7, 11) is 0. The summed E-state index contributed by atoms with van der Waals surface area (Å²) < 4.78 is 13.9. The number of fused-ring (bicyclic) bond motifs is 1. The molecule has 0 aliphatic rings. The van der Waals surface area contributed by atoms with Gasteiger partial charge in [-0.05, 0) is 36.9 Å². The van der Waals surface area contributed by atoms with Crippen molar-refractivity contribution in [3.63, 3.8) is 0 Å². The van der Waals surface area contributed by atoms with E-state index in [2.05, 4.69) is 9.97 Å². The van der Waals surface area contributed by atoms with Gasteiger partial charge in [-0.2, -0.15) is 0 Å². The van der Waals surface area contributed by atoms with Gasteiger partial charge in [0.1, 0.15) is 11.0 Å². The van der Waals surface area contributed by atoms with Gasteiger partial charge in [-0.25, -0.2) is 14.4 Å². The number of halogens is 2. The van der Waals surface area contributed by atoms with Crippen LogP contribution >= 0.6 is 23.4 Å². The highest BCUT2D eigenvalue weighted by Crippen LogP contribution is 2.29. The number of thioether (sulfide) groups is 1. The second-order valence-electron chi connectivity index (χ2n) is 4.65. The Hall–Kier alpha value is -1.65. The van der Waals surface area contributed by atoms with Crippen molar-refractivity contribution in [3.8, 4) is 11.4 Å². The fourth-order valence-electron chi connectivity index (χ4n) is 2.16. The van der Waals surface area contributed by atoms with E-state index in [1.54, 1.807) is 17.8 Å². The molecule has 3 rings (SSSR count). The molecule has 0 radical (unpaired) electrons. The molecule has 21 heavy (non-hydrogen) atoms. The lowest BCUT2D eigenvalue weighted by Crippen LogP contribution is -1.95. The zero-order valence-corrected chi connectivity index (χ0v) is 13.1. The third kappa shape index (κ3) is 2.61. The van der Waals surface area contributed by atoms with Crippen LogP contribution in [0.15, 0.2) is 41.3 Å². The van der Waals surface area contributed by atoms with Crippen molar-refractivity contribution in [2.45, 2.75) is 11.8 Å². The highest BCUT2D eigenvalue weighted by atomic mass is 35.5. The van der Waals surface area contributed by atoms with Gasteiger partial charge < -0.3 is 0 Å². The lowest BCUT2D eigenvalue weighted by molar-refractivity contribution is 0.639. The van der Waals surface area contributed by atoms with E-state index in [0.29, 0.717) is 11.3 Å². The van der Waals surface area contributed by atoms with Crippen LogP contribution in [0, 0.1) is 12.7 Å². The van der Waals surface area contributed by atoms with Crippen LogP contribution in [0.25, 0.3) is 22.3 Å². The maximum absolute atomic E-state index is 13.9. The molecule has 0 amide bonds. The molecule has 0 N–H and O–H groups in total. The Morgan fingerprint density at radius 2 is 1.76 bits per heavy atom. The summed E-state index contributed by atoms with van der Waals surface area (Å²) >= 11 is 7.82. The van der Waals surface area contributed by atoms with Crippen molar-refractivity contribution >= 4 is 34.3 Å². The molecule has 5 heteroatoms. The molecule has 2 aromatic carbocycles. The van der Waals surface area contributed by atoms with Gasteiger partial charge in [0.2, 0.25) is 0 Å².